The first-order chi connectivity index (χ1) is 10.5. The molecule has 2 aromatic rings. The smallest absolute Gasteiger partial charge is 0.328 e. The number of halogens is 3. The van der Waals surface area contributed by atoms with Crippen LogP contribution in [0.5, 0.6) is 5.75 Å². The van der Waals surface area contributed by atoms with Crippen molar-refractivity contribution in [3.05, 3.63) is 68.7 Å². The van der Waals surface area contributed by atoms with Crippen molar-refractivity contribution in [2.24, 2.45) is 0 Å². The summed E-state index contributed by atoms with van der Waals surface area (Å²) in [7, 11) is 0. The lowest BCUT2D eigenvalue weighted by atomic mass is 10.2. The minimum absolute atomic E-state index is 0.293. The van der Waals surface area contributed by atoms with Crippen molar-refractivity contribution in [1.82, 2.24) is 0 Å². The van der Waals surface area contributed by atoms with Gasteiger partial charge in [0.05, 0.1) is 15.1 Å². The third kappa shape index (κ3) is 4.67. The van der Waals surface area contributed by atoms with Crippen molar-refractivity contribution >= 4 is 46.8 Å². The molecule has 0 heterocycles. The normalized spacial score (nSPS) is 10.9. The van der Waals surface area contributed by atoms with E-state index >= 15 is 0 Å². The summed E-state index contributed by atoms with van der Waals surface area (Å²) in [5.41, 5.74) is 1.54. The Balaban J connectivity index is 2.06. The average Bonchev–Trinajstić information content (AvgIpc) is 2.47. The predicted octanol–water partition coefficient (Wildman–Crippen LogP) is 5.32. The highest BCUT2D eigenvalue weighted by Crippen LogP contribution is 2.28. The molecule has 0 saturated carbocycles. The van der Waals surface area contributed by atoms with Crippen molar-refractivity contribution < 1.29 is 14.6 Å². The van der Waals surface area contributed by atoms with E-state index < -0.39 is 5.97 Å². The van der Waals surface area contributed by atoms with E-state index in [9.17, 15) is 4.79 Å². The summed E-state index contributed by atoms with van der Waals surface area (Å²) in [5.74, 6) is -0.517. The van der Waals surface area contributed by atoms with Crippen LogP contribution in [0.2, 0.25) is 15.1 Å². The van der Waals surface area contributed by atoms with Gasteiger partial charge in [-0.25, -0.2) is 4.79 Å². The lowest BCUT2D eigenvalue weighted by Crippen LogP contribution is -1.96. The zero-order valence-corrected chi connectivity index (χ0v) is 13.5. The zero-order chi connectivity index (χ0) is 16.1. The van der Waals surface area contributed by atoms with Crippen LogP contribution in [0.15, 0.2) is 42.5 Å². The quantitative estimate of drug-likeness (QED) is 0.736. The van der Waals surface area contributed by atoms with Gasteiger partial charge in [0.1, 0.15) is 12.4 Å². The molecule has 0 unspecified atom stereocenters. The van der Waals surface area contributed by atoms with E-state index in [-0.39, 0.29) is 0 Å². The molecule has 0 aliphatic rings. The summed E-state index contributed by atoms with van der Waals surface area (Å²) in [4.78, 5) is 10.5. The van der Waals surface area contributed by atoms with Crippen LogP contribution in [0.1, 0.15) is 11.1 Å². The SMILES string of the molecule is O=C(O)/C=C/c1ccc(OCc2ccc(Cl)c(Cl)c2)c(Cl)c1. The summed E-state index contributed by atoms with van der Waals surface area (Å²) in [6.45, 7) is 0.293. The van der Waals surface area contributed by atoms with Gasteiger partial charge in [0, 0.05) is 6.08 Å². The third-order valence-corrected chi connectivity index (χ3v) is 3.79. The highest BCUT2D eigenvalue weighted by molar-refractivity contribution is 6.42. The summed E-state index contributed by atoms with van der Waals surface area (Å²) in [6, 6.07) is 10.3. The Morgan fingerprint density at radius 2 is 1.82 bits per heavy atom. The number of ether oxygens (including phenoxy) is 1. The lowest BCUT2D eigenvalue weighted by Gasteiger charge is -2.09. The van der Waals surface area contributed by atoms with Gasteiger partial charge in [-0.1, -0.05) is 46.9 Å². The van der Waals surface area contributed by atoms with Gasteiger partial charge < -0.3 is 9.84 Å². The van der Waals surface area contributed by atoms with Crippen LogP contribution >= 0.6 is 34.8 Å². The number of hydrogen-bond acceptors (Lipinski definition) is 2. The monoisotopic (exact) mass is 356 g/mol. The Bertz CT molecular complexity index is 727. The molecule has 0 bridgehead atoms. The largest absolute Gasteiger partial charge is 0.487 e. The van der Waals surface area contributed by atoms with Gasteiger partial charge in [-0.3, -0.25) is 0 Å². The van der Waals surface area contributed by atoms with Gasteiger partial charge in [0.15, 0.2) is 0 Å². The molecule has 0 aliphatic heterocycles. The Morgan fingerprint density at radius 3 is 2.45 bits per heavy atom. The zero-order valence-electron chi connectivity index (χ0n) is 11.2. The van der Waals surface area contributed by atoms with Gasteiger partial charge in [-0.15, -0.1) is 0 Å². The molecule has 3 nitrogen and oxygen atoms in total. The van der Waals surface area contributed by atoms with E-state index in [1.165, 1.54) is 6.08 Å². The third-order valence-electron chi connectivity index (χ3n) is 2.75. The van der Waals surface area contributed by atoms with E-state index in [4.69, 9.17) is 44.6 Å². The molecule has 2 aromatic carbocycles. The van der Waals surface area contributed by atoms with E-state index in [1.807, 2.05) is 6.07 Å². The van der Waals surface area contributed by atoms with E-state index in [0.29, 0.717) is 33.0 Å². The van der Waals surface area contributed by atoms with Crippen LogP contribution in [0.4, 0.5) is 0 Å². The Kier molecular flexibility index (Phi) is 5.72. The lowest BCUT2D eigenvalue weighted by molar-refractivity contribution is -0.131. The molecule has 114 valence electrons. The number of carboxylic acid groups (broad SMARTS) is 1. The highest BCUT2D eigenvalue weighted by Gasteiger charge is 2.05. The number of carbonyl (C=O) groups is 1. The molecule has 1 N–H and O–H groups in total. The standard InChI is InChI=1S/C16H11Cl3O3/c17-12-4-1-11(8-13(12)18)9-22-15-5-2-10(7-14(15)19)3-6-16(20)21/h1-8H,9H2,(H,20,21)/b6-3+. The highest BCUT2D eigenvalue weighted by atomic mass is 35.5. The van der Waals surface area contributed by atoms with Crippen molar-refractivity contribution in [1.29, 1.82) is 0 Å². The second-order valence-electron chi connectivity index (χ2n) is 4.40. The summed E-state index contributed by atoms with van der Waals surface area (Å²) < 4.78 is 5.62. The van der Waals surface area contributed by atoms with Crippen LogP contribution in [-0.4, -0.2) is 11.1 Å². The van der Waals surface area contributed by atoms with Crippen LogP contribution in [-0.2, 0) is 11.4 Å². The average molecular weight is 358 g/mol. The van der Waals surface area contributed by atoms with Gasteiger partial charge in [0.2, 0.25) is 0 Å². The number of aliphatic carboxylic acids is 1. The van der Waals surface area contributed by atoms with Gasteiger partial charge in [-0.05, 0) is 41.5 Å². The van der Waals surface area contributed by atoms with E-state index in [0.717, 1.165) is 11.6 Å². The molecular formula is C16H11Cl3O3. The fourth-order valence-corrected chi connectivity index (χ4v) is 2.26. The number of rotatable bonds is 5. The van der Waals surface area contributed by atoms with Gasteiger partial charge in [0.25, 0.3) is 0 Å². The number of hydrogen-bond donors (Lipinski definition) is 1. The summed E-state index contributed by atoms with van der Waals surface area (Å²) in [6.07, 6.45) is 2.50. The topological polar surface area (TPSA) is 46.5 Å². The maximum atomic E-state index is 10.5. The predicted molar refractivity (Wildman–Crippen MR) is 88.9 cm³/mol. The second kappa shape index (κ2) is 7.54. The molecule has 0 spiro atoms. The minimum atomic E-state index is -1.02. The van der Waals surface area contributed by atoms with E-state index in [2.05, 4.69) is 0 Å². The molecule has 22 heavy (non-hydrogen) atoms. The van der Waals surface area contributed by atoms with Crippen molar-refractivity contribution in [3.8, 4) is 5.75 Å². The number of carboxylic acids is 1. The number of benzene rings is 2. The second-order valence-corrected chi connectivity index (χ2v) is 5.62. The molecule has 0 aliphatic carbocycles. The molecule has 6 heteroatoms. The molecule has 0 radical (unpaired) electrons. The van der Waals surface area contributed by atoms with Gasteiger partial charge >= 0.3 is 5.97 Å². The van der Waals surface area contributed by atoms with Crippen molar-refractivity contribution in [2.45, 2.75) is 6.61 Å². The fraction of sp³-hybridized carbons (Fsp3) is 0.0625. The first-order valence-corrected chi connectivity index (χ1v) is 7.36. The minimum Gasteiger partial charge on any atom is -0.487 e. The first kappa shape index (κ1) is 16.7. The molecule has 0 fully saturated rings. The van der Waals surface area contributed by atoms with Crippen LogP contribution in [0.3, 0.4) is 0 Å². The molecule has 0 amide bonds. The molecule has 0 atom stereocenters. The maximum Gasteiger partial charge on any atom is 0.328 e. The molecule has 0 saturated heterocycles. The van der Waals surface area contributed by atoms with Crippen molar-refractivity contribution in [2.75, 3.05) is 0 Å². The summed E-state index contributed by atoms with van der Waals surface area (Å²) in [5, 5.41) is 9.93. The first-order valence-electron chi connectivity index (χ1n) is 6.23. The van der Waals surface area contributed by atoms with Crippen LogP contribution < -0.4 is 4.74 Å². The molecule has 0 aromatic heterocycles. The molecule has 2 rings (SSSR count). The Hall–Kier alpha value is -1.68. The Morgan fingerprint density at radius 1 is 1.05 bits per heavy atom. The fourth-order valence-electron chi connectivity index (χ4n) is 1.70. The van der Waals surface area contributed by atoms with Crippen LogP contribution in [0.25, 0.3) is 6.08 Å². The van der Waals surface area contributed by atoms with Crippen molar-refractivity contribution in [3.63, 3.8) is 0 Å². The van der Waals surface area contributed by atoms with E-state index in [1.54, 1.807) is 30.3 Å². The van der Waals surface area contributed by atoms with Gasteiger partial charge in [-0.2, -0.15) is 0 Å². The summed E-state index contributed by atoms with van der Waals surface area (Å²) >= 11 is 17.9. The maximum absolute atomic E-state index is 10.5. The molecular weight excluding hydrogens is 347 g/mol. The van der Waals surface area contributed by atoms with Crippen LogP contribution in [0, 0.1) is 0 Å². The Labute approximate surface area is 142 Å².